The Bertz CT molecular complexity index is 827. The summed E-state index contributed by atoms with van der Waals surface area (Å²) in [6.45, 7) is 0. The molecule has 0 bridgehead atoms. The number of anilines is 1. The predicted octanol–water partition coefficient (Wildman–Crippen LogP) is 2.57. The summed E-state index contributed by atoms with van der Waals surface area (Å²) in [5.74, 6) is 0.448. The highest BCUT2D eigenvalue weighted by molar-refractivity contribution is 5.89. The number of aromatic nitrogens is 3. The Kier molecular flexibility index (Phi) is 2.96. The molecule has 1 aliphatic rings. The number of carbonyl (C=O) groups excluding carboxylic acids is 1. The highest BCUT2D eigenvalue weighted by atomic mass is 16.3. The maximum atomic E-state index is 11.7. The lowest BCUT2D eigenvalue weighted by atomic mass is 10.2. The molecule has 4 rings (SSSR count). The van der Waals surface area contributed by atoms with E-state index in [1.54, 1.807) is 36.9 Å². The quantitative estimate of drug-likeness (QED) is 0.774. The van der Waals surface area contributed by atoms with E-state index in [9.17, 15) is 4.79 Å². The van der Waals surface area contributed by atoms with E-state index in [1.807, 2.05) is 0 Å². The average Bonchev–Trinajstić information content (AvgIpc) is 3.16. The number of hydrogen-bond acceptors (Lipinski definition) is 5. The van der Waals surface area contributed by atoms with Crippen molar-refractivity contribution in [1.29, 1.82) is 0 Å². The van der Waals surface area contributed by atoms with Crippen LogP contribution in [0.25, 0.3) is 22.4 Å². The number of hydrogen-bond donors (Lipinski definition) is 2. The molecule has 7 heteroatoms. The van der Waals surface area contributed by atoms with Crippen LogP contribution in [0.1, 0.15) is 12.8 Å². The zero-order valence-corrected chi connectivity index (χ0v) is 11.6. The summed E-state index contributed by atoms with van der Waals surface area (Å²) in [7, 11) is 0. The van der Waals surface area contributed by atoms with Gasteiger partial charge >= 0.3 is 6.03 Å². The molecule has 0 aromatic carbocycles. The zero-order chi connectivity index (χ0) is 14.9. The zero-order valence-electron chi connectivity index (χ0n) is 11.6. The molecule has 0 saturated heterocycles. The first kappa shape index (κ1) is 12.8. The van der Waals surface area contributed by atoms with E-state index in [-0.39, 0.29) is 6.03 Å². The van der Waals surface area contributed by atoms with Crippen molar-refractivity contribution in [1.82, 2.24) is 20.3 Å². The Hall–Kier alpha value is -2.96. The molecular formula is C15H13N5O2. The van der Waals surface area contributed by atoms with Gasteiger partial charge in [0.05, 0.1) is 24.4 Å². The van der Waals surface area contributed by atoms with Crippen molar-refractivity contribution in [2.75, 3.05) is 5.32 Å². The number of nitrogens with one attached hydrogen (secondary N) is 2. The fourth-order valence-corrected chi connectivity index (χ4v) is 2.08. The van der Waals surface area contributed by atoms with E-state index in [1.165, 1.54) is 0 Å². The van der Waals surface area contributed by atoms with Crippen molar-refractivity contribution in [3.63, 3.8) is 0 Å². The molecular weight excluding hydrogens is 282 g/mol. The van der Waals surface area contributed by atoms with Crippen LogP contribution in [0.2, 0.25) is 0 Å². The molecule has 3 aromatic rings. The van der Waals surface area contributed by atoms with E-state index < -0.39 is 0 Å². The highest BCUT2D eigenvalue weighted by Gasteiger charge is 2.23. The molecule has 110 valence electrons. The first-order valence-corrected chi connectivity index (χ1v) is 7.02. The van der Waals surface area contributed by atoms with Crippen LogP contribution in [0.5, 0.6) is 0 Å². The standard InChI is InChI=1S/C15H13N5O2/c21-15(17-10-1-2-10)20-13-4-3-11-14(19-13)18-12(7-16-11)9-5-6-22-8-9/h3-8,10H,1-2H2,(H2,17,18,19,20,21). The van der Waals surface area contributed by atoms with Gasteiger partial charge in [0.2, 0.25) is 0 Å². The summed E-state index contributed by atoms with van der Waals surface area (Å²) in [6, 6.07) is 5.35. The van der Waals surface area contributed by atoms with Gasteiger partial charge in [0.15, 0.2) is 5.65 Å². The lowest BCUT2D eigenvalue weighted by Gasteiger charge is -2.06. The summed E-state index contributed by atoms with van der Waals surface area (Å²) in [4.78, 5) is 24.9. The van der Waals surface area contributed by atoms with Crippen molar-refractivity contribution in [3.8, 4) is 11.3 Å². The molecule has 0 unspecified atom stereocenters. The number of fused-ring (bicyclic) bond motifs is 1. The minimum atomic E-state index is -0.242. The summed E-state index contributed by atoms with van der Waals surface area (Å²) in [5, 5.41) is 5.56. The van der Waals surface area contributed by atoms with E-state index in [4.69, 9.17) is 4.42 Å². The van der Waals surface area contributed by atoms with Crippen LogP contribution in [0, 0.1) is 0 Å². The Morgan fingerprint density at radius 2 is 2.14 bits per heavy atom. The summed E-state index contributed by atoms with van der Waals surface area (Å²) in [6.07, 6.45) is 6.92. The van der Waals surface area contributed by atoms with Crippen molar-refractivity contribution >= 4 is 23.0 Å². The smallest absolute Gasteiger partial charge is 0.320 e. The average molecular weight is 295 g/mol. The van der Waals surface area contributed by atoms with Crippen molar-refractivity contribution in [3.05, 3.63) is 36.9 Å². The first-order valence-electron chi connectivity index (χ1n) is 7.02. The Morgan fingerprint density at radius 1 is 1.23 bits per heavy atom. The van der Waals surface area contributed by atoms with Gasteiger partial charge in [0.1, 0.15) is 11.3 Å². The Balaban J connectivity index is 1.62. The number of amides is 2. The largest absolute Gasteiger partial charge is 0.472 e. The third-order valence-electron chi connectivity index (χ3n) is 3.38. The number of nitrogens with zero attached hydrogens (tertiary/aromatic N) is 3. The topological polar surface area (TPSA) is 92.9 Å². The number of carbonyl (C=O) groups is 1. The van der Waals surface area contributed by atoms with Gasteiger partial charge in [-0.25, -0.2) is 14.8 Å². The van der Waals surface area contributed by atoms with E-state index in [2.05, 4.69) is 25.6 Å². The van der Waals surface area contributed by atoms with Gasteiger partial charge in [-0.3, -0.25) is 10.3 Å². The van der Waals surface area contributed by atoms with Gasteiger partial charge in [0, 0.05) is 11.6 Å². The van der Waals surface area contributed by atoms with Crippen molar-refractivity contribution < 1.29 is 9.21 Å². The fourth-order valence-electron chi connectivity index (χ4n) is 2.08. The normalized spacial score (nSPS) is 14.0. The molecule has 0 atom stereocenters. The van der Waals surface area contributed by atoms with Gasteiger partial charge in [-0.2, -0.15) is 0 Å². The fraction of sp³-hybridized carbons (Fsp3) is 0.200. The Labute approximate surface area is 125 Å². The molecule has 22 heavy (non-hydrogen) atoms. The van der Waals surface area contributed by atoms with E-state index >= 15 is 0 Å². The van der Waals surface area contributed by atoms with Gasteiger partial charge < -0.3 is 9.73 Å². The maximum absolute atomic E-state index is 11.7. The number of furan rings is 1. The van der Waals surface area contributed by atoms with Gasteiger partial charge in [0.25, 0.3) is 0 Å². The minimum Gasteiger partial charge on any atom is -0.472 e. The van der Waals surface area contributed by atoms with Gasteiger partial charge in [-0.15, -0.1) is 0 Å². The first-order chi connectivity index (χ1) is 10.8. The molecule has 7 nitrogen and oxygen atoms in total. The van der Waals surface area contributed by atoms with Crippen LogP contribution in [0.3, 0.4) is 0 Å². The van der Waals surface area contributed by atoms with Crippen LogP contribution in [0.4, 0.5) is 10.6 Å². The number of pyridine rings is 1. The molecule has 0 spiro atoms. The third-order valence-corrected chi connectivity index (χ3v) is 3.38. The maximum Gasteiger partial charge on any atom is 0.320 e. The van der Waals surface area contributed by atoms with Crippen molar-refractivity contribution in [2.45, 2.75) is 18.9 Å². The van der Waals surface area contributed by atoms with Crippen LogP contribution in [-0.4, -0.2) is 27.0 Å². The monoisotopic (exact) mass is 295 g/mol. The second-order valence-electron chi connectivity index (χ2n) is 5.18. The predicted molar refractivity (Wildman–Crippen MR) is 80.2 cm³/mol. The lowest BCUT2D eigenvalue weighted by Crippen LogP contribution is -2.30. The van der Waals surface area contributed by atoms with Crippen LogP contribution in [-0.2, 0) is 0 Å². The lowest BCUT2D eigenvalue weighted by molar-refractivity contribution is 0.251. The second kappa shape index (κ2) is 5.10. The molecule has 1 aliphatic carbocycles. The van der Waals surface area contributed by atoms with Gasteiger partial charge in [-0.05, 0) is 31.0 Å². The molecule has 0 aliphatic heterocycles. The van der Waals surface area contributed by atoms with Crippen molar-refractivity contribution in [2.24, 2.45) is 0 Å². The minimum absolute atomic E-state index is 0.242. The molecule has 2 N–H and O–H groups in total. The summed E-state index contributed by atoms with van der Waals surface area (Å²) < 4.78 is 5.05. The summed E-state index contributed by atoms with van der Waals surface area (Å²) >= 11 is 0. The van der Waals surface area contributed by atoms with Crippen LogP contribution >= 0.6 is 0 Å². The third kappa shape index (κ3) is 2.60. The Morgan fingerprint density at radius 3 is 2.91 bits per heavy atom. The van der Waals surface area contributed by atoms with E-state index in [0.29, 0.717) is 28.7 Å². The molecule has 3 heterocycles. The van der Waals surface area contributed by atoms with Crippen LogP contribution < -0.4 is 10.6 Å². The number of urea groups is 1. The molecule has 0 radical (unpaired) electrons. The molecule has 1 saturated carbocycles. The highest BCUT2D eigenvalue weighted by Crippen LogP contribution is 2.20. The summed E-state index contributed by atoms with van der Waals surface area (Å²) in [5.41, 5.74) is 2.65. The molecule has 3 aromatic heterocycles. The van der Waals surface area contributed by atoms with E-state index in [0.717, 1.165) is 18.4 Å². The molecule has 2 amide bonds. The van der Waals surface area contributed by atoms with Crippen LogP contribution in [0.15, 0.2) is 41.3 Å². The van der Waals surface area contributed by atoms with Gasteiger partial charge in [-0.1, -0.05) is 0 Å². The molecule has 1 fully saturated rings. The second-order valence-corrected chi connectivity index (χ2v) is 5.18. The number of rotatable bonds is 3. The SMILES string of the molecule is O=C(Nc1ccc2ncc(-c3ccoc3)nc2n1)NC1CC1.